The van der Waals surface area contributed by atoms with Gasteiger partial charge in [0.1, 0.15) is 11.8 Å². The topological polar surface area (TPSA) is 50.3 Å². The van der Waals surface area contributed by atoms with Crippen LogP contribution in [0, 0.1) is 4.77 Å². The molecule has 102 valence electrons. The predicted octanol–water partition coefficient (Wildman–Crippen LogP) is 2.36. The van der Waals surface area contributed by atoms with Gasteiger partial charge >= 0.3 is 0 Å². The fourth-order valence-electron chi connectivity index (χ4n) is 2.10. The molecule has 1 unspecified atom stereocenters. The molecule has 0 saturated carbocycles. The van der Waals surface area contributed by atoms with Crippen molar-refractivity contribution in [3.8, 4) is 5.75 Å². The number of fused-ring (bicyclic) bond motifs is 1. The van der Waals surface area contributed by atoms with E-state index in [1.165, 1.54) is 0 Å². The van der Waals surface area contributed by atoms with E-state index >= 15 is 0 Å². The van der Waals surface area contributed by atoms with E-state index in [1.807, 2.05) is 29.7 Å². The fraction of sp³-hybridized carbons (Fsp3) is 0.385. The molecule has 0 spiro atoms. The zero-order chi connectivity index (χ0) is 14.2. The molecule has 1 atom stereocenters. The van der Waals surface area contributed by atoms with Gasteiger partial charge in [0.05, 0.1) is 18.1 Å². The van der Waals surface area contributed by atoms with Crippen LogP contribution >= 0.6 is 12.2 Å². The Morgan fingerprint density at radius 2 is 2.16 bits per heavy atom. The van der Waals surface area contributed by atoms with Crippen LogP contribution in [0.1, 0.15) is 13.0 Å². The Labute approximate surface area is 116 Å². The molecule has 0 bridgehead atoms. The van der Waals surface area contributed by atoms with Gasteiger partial charge in [-0.25, -0.2) is 0 Å². The second-order valence-electron chi connectivity index (χ2n) is 4.59. The molecule has 0 aliphatic heterocycles. The largest absolute Gasteiger partial charge is 0.497 e. The van der Waals surface area contributed by atoms with Crippen molar-refractivity contribution in [3.05, 3.63) is 23.0 Å². The van der Waals surface area contributed by atoms with Gasteiger partial charge in [0.15, 0.2) is 4.77 Å². The van der Waals surface area contributed by atoms with Crippen molar-refractivity contribution < 1.29 is 9.53 Å². The summed E-state index contributed by atoms with van der Waals surface area (Å²) in [6, 6.07) is 5.27. The number of nitrogens with one attached hydrogen (secondary N) is 1. The summed E-state index contributed by atoms with van der Waals surface area (Å²) in [6.45, 7) is 1.84. The SMILES string of the molecule is COc1ccc2[nH]c(=S)n(C(C)C(=O)N(C)C)c2c1. The number of nitrogens with zero attached hydrogens (tertiary/aromatic N) is 2. The number of aromatic amines is 1. The Bertz CT molecular complexity index is 672. The van der Waals surface area contributed by atoms with Crippen LogP contribution < -0.4 is 4.74 Å². The number of methoxy groups -OCH3 is 1. The Morgan fingerprint density at radius 3 is 2.74 bits per heavy atom. The third-order valence-electron chi connectivity index (χ3n) is 3.11. The maximum atomic E-state index is 12.1. The lowest BCUT2D eigenvalue weighted by atomic mass is 10.2. The molecule has 6 heteroatoms. The van der Waals surface area contributed by atoms with Gasteiger partial charge in [-0.05, 0) is 31.3 Å². The van der Waals surface area contributed by atoms with E-state index < -0.39 is 0 Å². The minimum atomic E-state index is -0.358. The maximum Gasteiger partial charge on any atom is 0.244 e. The maximum absolute atomic E-state index is 12.1. The van der Waals surface area contributed by atoms with Crippen LogP contribution in [-0.2, 0) is 4.79 Å². The summed E-state index contributed by atoms with van der Waals surface area (Å²) in [7, 11) is 5.08. The number of amides is 1. The van der Waals surface area contributed by atoms with E-state index in [0.717, 1.165) is 16.8 Å². The van der Waals surface area contributed by atoms with Crippen LogP contribution in [0.2, 0.25) is 0 Å². The molecule has 0 aliphatic rings. The summed E-state index contributed by atoms with van der Waals surface area (Å²) < 4.78 is 7.57. The van der Waals surface area contributed by atoms with Crippen LogP contribution in [0.5, 0.6) is 5.75 Å². The van der Waals surface area contributed by atoms with Crippen molar-refractivity contribution in [2.24, 2.45) is 0 Å². The van der Waals surface area contributed by atoms with Gasteiger partial charge in [-0.2, -0.15) is 0 Å². The number of aromatic nitrogens is 2. The summed E-state index contributed by atoms with van der Waals surface area (Å²) in [5.41, 5.74) is 1.76. The summed E-state index contributed by atoms with van der Waals surface area (Å²) >= 11 is 5.31. The molecule has 2 rings (SSSR count). The van der Waals surface area contributed by atoms with Crippen LogP contribution in [-0.4, -0.2) is 41.6 Å². The van der Waals surface area contributed by atoms with Crippen LogP contribution in [0.3, 0.4) is 0 Å². The van der Waals surface area contributed by atoms with Crippen molar-refractivity contribution in [3.63, 3.8) is 0 Å². The van der Waals surface area contributed by atoms with Crippen molar-refractivity contribution in [2.75, 3.05) is 21.2 Å². The lowest BCUT2D eigenvalue weighted by molar-refractivity contribution is -0.131. The zero-order valence-corrected chi connectivity index (χ0v) is 12.2. The number of rotatable bonds is 3. The van der Waals surface area contributed by atoms with Crippen LogP contribution in [0.4, 0.5) is 0 Å². The highest BCUT2D eigenvalue weighted by Gasteiger charge is 2.20. The molecule has 19 heavy (non-hydrogen) atoms. The molecule has 0 saturated heterocycles. The highest BCUT2D eigenvalue weighted by atomic mass is 32.1. The Morgan fingerprint density at radius 1 is 1.47 bits per heavy atom. The van der Waals surface area contributed by atoms with E-state index in [0.29, 0.717) is 4.77 Å². The quantitative estimate of drug-likeness (QED) is 0.877. The first-order valence-corrected chi connectivity index (χ1v) is 6.36. The Kier molecular flexibility index (Phi) is 3.61. The van der Waals surface area contributed by atoms with E-state index in [-0.39, 0.29) is 11.9 Å². The molecule has 0 aliphatic carbocycles. The molecule has 1 amide bonds. The summed E-state index contributed by atoms with van der Waals surface area (Å²) in [5, 5.41) is 0. The number of hydrogen-bond acceptors (Lipinski definition) is 3. The monoisotopic (exact) mass is 279 g/mol. The minimum Gasteiger partial charge on any atom is -0.497 e. The van der Waals surface area contributed by atoms with Gasteiger partial charge in [0.2, 0.25) is 5.91 Å². The highest BCUT2D eigenvalue weighted by molar-refractivity contribution is 7.71. The Balaban J connectivity index is 2.62. The molecule has 1 aromatic carbocycles. The van der Waals surface area contributed by atoms with Gasteiger partial charge in [-0.1, -0.05) is 0 Å². The third-order valence-corrected chi connectivity index (χ3v) is 3.41. The summed E-state index contributed by atoms with van der Waals surface area (Å²) in [5.74, 6) is 0.736. The standard InChI is InChI=1S/C13H17N3O2S/c1-8(12(17)15(2)3)16-11-7-9(18-4)5-6-10(11)14-13(16)19/h5-8H,1-4H3,(H,14,19). The van der Waals surface area contributed by atoms with Gasteiger partial charge in [-0.15, -0.1) is 0 Å². The first-order valence-electron chi connectivity index (χ1n) is 5.95. The van der Waals surface area contributed by atoms with Crippen molar-refractivity contribution in [1.29, 1.82) is 0 Å². The number of imidazole rings is 1. The van der Waals surface area contributed by atoms with Crippen LogP contribution in [0.15, 0.2) is 18.2 Å². The number of H-pyrrole nitrogens is 1. The number of likely N-dealkylation sites (N-methyl/N-ethyl adjacent to an activating group) is 1. The summed E-state index contributed by atoms with van der Waals surface area (Å²) in [4.78, 5) is 16.8. The second-order valence-corrected chi connectivity index (χ2v) is 4.98. The van der Waals surface area contributed by atoms with Crippen LogP contribution in [0.25, 0.3) is 11.0 Å². The lowest BCUT2D eigenvalue weighted by Crippen LogP contribution is -2.29. The molecule has 1 N–H and O–H groups in total. The number of carbonyl (C=O) groups excluding carboxylic acids is 1. The van der Waals surface area contributed by atoms with Crippen molar-refractivity contribution in [1.82, 2.24) is 14.5 Å². The Hall–Kier alpha value is -1.82. The number of ether oxygens (including phenoxy) is 1. The van der Waals surface area contributed by atoms with Crippen molar-refractivity contribution >= 4 is 29.2 Å². The first kappa shape index (κ1) is 13.6. The molecular weight excluding hydrogens is 262 g/mol. The predicted molar refractivity (Wildman–Crippen MR) is 77.1 cm³/mol. The number of benzene rings is 1. The zero-order valence-electron chi connectivity index (χ0n) is 11.4. The summed E-state index contributed by atoms with van der Waals surface area (Å²) in [6.07, 6.45) is 0. The van der Waals surface area contributed by atoms with Gasteiger partial charge in [0.25, 0.3) is 0 Å². The average Bonchev–Trinajstić information content (AvgIpc) is 2.71. The van der Waals surface area contributed by atoms with E-state index in [9.17, 15) is 4.79 Å². The average molecular weight is 279 g/mol. The molecule has 2 aromatic rings. The minimum absolute atomic E-state index is 0.000167. The normalized spacial score (nSPS) is 12.4. The lowest BCUT2D eigenvalue weighted by Gasteiger charge is -2.18. The molecular formula is C13H17N3O2S. The van der Waals surface area contributed by atoms with Gasteiger partial charge in [-0.3, -0.25) is 4.79 Å². The fourth-order valence-corrected chi connectivity index (χ4v) is 2.46. The smallest absolute Gasteiger partial charge is 0.244 e. The van der Waals surface area contributed by atoms with Gasteiger partial charge < -0.3 is 19.2 Å². The molecule has 1 aromatic heterocycles. The second kappa shape index (κ2) is 5.05. The third kappa shape index (κ3) is 2.35. The molecule has 5 nitrogen and oxygen atoms in total. The number of carbonyl (C=O) groups is 1. The van der Waals surface area contributed by atoms with E-state index in [2.05, 4.69) is 4.98 Å². The van der Waals surface area contributed by atoms with E-state index in [4.69, 9.17) is 17.0 Å². The molecule has 0 radical (unpaired) electrons. The van der Waals surface area contributed by atoms with Crippen molar-refractivity contribution in [2.45, 2.75) is 13.0 Å². The number of hydrogen-bond donors (Lipinski definition) is 1. The highest BCUT2D eigenvalue weighted by Crippen LogP contribution is 2.24. The van der Waals surface area contributed by atoms with Gasteiger partial charge in [0, 0.05) is 20.2 Å². The molecule has 1 heterocycles. The first-order chi connectivity index (χ1) is 8.95. The van der Waals surface area contributed by atoms with E-state index in [1.54, 1.807) is 26.1 Å². The molecule has 0 fully saturated rings.